The molecule has 0 unspecified atom stereocenters. The van der Waals surface area contributed by atoms with Crippen molar-refractivity contribution in [3.05, 3.63) is 22.8 Å². The molecule has 6 heteroatoms. The lowest BCUT2D eigenvalue weighted by molar-refractivity contribution is 0.0786. The van der Waals surface area contributed by atoms with Gasteiger partial charge < -0.3 is 15.7 Å². The number of halogens is 1. The highest BCUT2D eigenvalue weighted by molar-refractivity contribution is 6.33. The van der Waals surface area contributed by atoms with Gasteiger partial charge in [0.05, 0.1) is 5.02 Å². The van der Waals surface area contributed by atoms with Crippen molar-refractivity contribution < 1.29 is 9.90 Å². The summed E-state index contributed by atoms with van der Waals surface area (Å²) in [6.45, 7) is 0.784. The zero-order valence-corrected chi connectivity index (χ0v) is 11.2. The summed E-state index contributed by atoms with van der Waals surface area (Å²) >= 11 is 5.92. The SMILES string of the molecule is CN(CCCCCO)C(=O)c1nc(N)ccc1Cl. The molecule has 0 fully saturated rings. The van der Waals surface area contributed by atoms with Gasteiger partial charge in [-0.25, -0.2) is 4.98 Å². The number of anilines is 1. The maximum absolute atomic E-state index is 12.1. The fourth-order valence-electron chi connectivity index (χ4n) is 1.53. The van der Waals surface area contributed by atoms with Gasteiger partial charge in [0.25, 0.3) is 5.91 Å². The summed E-state index contributed by atoms with van der Waals surface area (Å²) in [6, 6.07) is 3.12. The van der Waals surface area contributed by atoms with Gasteiger partial charge in [-0.2, -0.15) is 0 Å². The first-order chi connectivity index (χ1) is 8.56. The number of hydrogen-bond donors (Lipinski definition) is 2. The number of carbonyl (C=O) groups excluding carboxylic acids is 1. The zero-order chi connectivity index (χ0) is 13.5. The van der Waals surface area contributed by atoms with Crippen molar-refractivity contribution >= 4 is 23.3 Å². The molecule has 18 heavy (non-hydrogen) atoms. The summed E-state index contributed by atoms with van der Waals surface area (Å²) < 4.78 is 0. The van der Waals surface area contributed by atoms with E-state index < -0.39 is 0 Å². The normalized spacial score (nSPS) is 10.4. The van der Waals surface area contributed by atoms with Crippen LogP contribution in [0.2, 0.25) is 5.02 Å². The van der Waals surface area contributed by atoms with Gasteiger partial charge in [0.2, 0.25) is 0 Å². The molecule has 0 saturated carbocycles. The third kappa shape index (κ3) is 4.16. The number of hydrogen-bond acceptors (Lipinski definition) is 4. The Morgan fingerprint density at radius 2 is 2.17 bits per heavy atom. The van der Waals surface area contributed by atoms with Crippen LogP contribution < -0.4 is 5.73 Å². The number of pyridine rings is 1. The van der Waals surface area contributed by atoms with Gasteiger partial charge in [-0.05, 0) is 31.4 Å². The van der Waals surface area contributed by atoms with Crippen LogP contribution in [0.15, 0.2) is 12.1 Å². The largest absolute Gasteiger partial charge is 0.396 e. The van der Waals surface area contributed by atoms with Crippen molar-refractivity contribution in [2.24, 2.45) is 0 Å². The van der Waals surface area contributed by atoms with E-state index >= 15 is 0 Å². The van der Waals surface area contributed by atoms with E-state index in [1.807, 2.05) is 0 Å². The number of nitrogens with zero attached hydrogens (tertiary/aromatic N) is 2. The molecule has 0 radical (unpaired) electrons. The van der Waals surface area contributed by atoms with Crippen LogP contribution >= 0.6 is 11.6 Å². The van der Waals surface area contributed by atoms with Crippen LogP contribution in [-0.4, -0.2) is 41.1 Å². The molecule has 1 rings (SSSR count). The van der Waals surface area contributed by atoms with E-state index in [1.165, 1.54) is 0 Å². The molecule has 0 spiro atoms. The summed E-state index contributed by atoms with van der Waals surface area (Å²) in [4.78, 5) is 17.6. The maximum Gasteiger partial charge on any atom is 0.273 e. The highest BCUT2D eigenvalue weighted by Gasteiger charge is 2.16. The van der Waals surface area contributed by atoms with Crippen LogP contribution in [0.5, 0.6) is 0 Å². The Morgan fingerprint density at radius 1 is 1.44 bits per heavy atom. The summed E-state index contributed by atoms with van der Waals surface area (Å²) in [5.74, 6) is 0.0349. The zero-order valence-electron chi connectivity index (χ0n) is 10.4. The molecule has 0 saturated heterocycles. The van der Waals surface area contributed by atoms with Crippen LogP contribution in [0, 0.1) is 0 Å². The summed E-state index contributed by atoms with van der Waals surface area (Å²) in [5, 5.41) is 8.97. The Morgan fingerprint density at radius 3 is 2.83 bits per heavy atom. The highest BCUT2D eigenvalue weighted by Crippen LogP contribution is 2.17. The Bertz CT molecular complexity index is 412. The Hall–Kier alpha value is -1.33. The number of aliphatic hydroxyl groups is 1. The van der Waals surface area contributed by atoms with Gasteiger partial charge in [0.1, 0.15) is 11.5 Å². The topological polar surface area (TPSA) is 79.5 Å². The van der Waals surface area contributed by atoms with E-state index in [2.05, 4.69) is 4.98 Å². The van der Waals surface area contributed by atoms with Crippen molar-refractivity contribution in [2.75, 3.05) is 25.9 Å². The molecule has 0 aromatic carbocycles. The third-order valence-electron chi connectivity index (χ3n) is 2.57. The summed E-state index contributed by atoms with van der Waals surface area (Å²) in [6.07, 6.45) is 2.47. The quantitative estimate of drug-likeness (QED) is 0.770. The molecule has 0 atom stereocenters. The second-order valence-electron chi connectivity index (χ2n) is 4.08. The molecular weight excluding hydrogens is 254 g/mol. The minimum absolute atomic E-state index is 0.181. The molecular formula is C12H18ClN3O2. The molecule has 0 aliphatic heterocycles. The van der Waals surface area contributed by atoms with Gasteiger partial charge in [-0.1, -0.05) is 11.6 Å². The molecule has 3 N–H and O–H groups in total. The summed E-state index contributed by atoms with van der Waals surface area (Å²) in [7, 11) is 1.70. The molecule has 1 aromatic heterocycles. The van der Waals surface area contributed by atoms with Crippen molar-refractivity contribution in [3.63, 3.8) is 0 Å². The van der Waals surface area contributed by atoms with E-state index in [0.717, 1.165) is 19.3 Å². The summed E-state index contributed by atoms with van der Waals surface area (Å²) in [5.41, 5.74) is 5.72. The number of rotatable bonds is 6. The van der Waals surface area contributed by atoms with E-state index in [1.54, 1.807) is 24.1 Å². The fourth-order valence-corrected chi connectivity index (χ4v) is 1.71. The Kier molecular flexibility index (Phi) is 5.88. The number of amides is 1. The Labute approximate surface area is 112 Å². The van der Waals surface area contributed by atoms with E-state index in [-0.39, 0.29) is 24.0 Å². The van der Waals surface area contributed by atoms with E-state index in [0.29, 0.717) is 11.6 Å². The standard InChI is InChI=1S/C12H18ClN3O2/c1-16(7-3-2-4-8-17)12(18)11-9(13)5-6-10(14)15-11/h5-6,17H,2-4,7-8H2,1H3,(H2,14,15). The smallest absolute Gasteiger partial charge is 0.273 e. The van der Waals surface area contributed by atoms with Crippen molar-refractivity contribution in [1.82, 2.24) is 9.88 Å². The number of unbranched alkanes of at least 4 members (excludes halogenated alkanes) is 2. The van der Waals surface area contributed by atoms with Crippen LogP contribution in [0.3, 0.4) is 0 Å². The second-order valence-corrected chi connectivity index (χ2v) is 4.48. The minimum atomic E-state index is -0.240. The van der Waals surface area contributed by atoms with E-state index in [9.17, 15) is 4.79 Å². The van der Waals surface area contributed by atoms with Crippen LogP contribution in [0.1, 0.15) is 29.8 Å². The van der Waals surface area contributed by atoms with E-state index in [4.69, 9.17) is 22.4 Å². The highest BCUT2D eigenvalue weighted by atomic mass is 35.5. The molecule has 100 valence electrons. The molecule has 1 aromatic rings. The molecule has 0 bridgehead atoms. The predicted octanol–water partition coefficient (Wildman–Crippen LogP) is 1.55. The lowest BCUT2D eigenvalue weighted by Crippen LogP contribution is -2.29. The van der Waals surface area contributed by atoms with Crippen LogP contribution in [0.4, 0.5) is 5.82 Å². The average molecular weight is 272 g/mol. The van der Waals surface area contributed by atoms with Gasteiger partial charge in [0, 0.05) is 20.2 Å². The van der Waals surface area contributed by atoms with Gasteiger partial charge in [-0.3, -0.25) is 4.79 Å². The Balaban J connectivity index is 2.60. The van der Waals surface area contributed by atoms with Gasteiger partial charge in [0.15, 0.2) is 0 Å². The first-order valence-corrected chi connectivity index (χ1v) is 6.22. The lowest BCUT2D eigenvalue weighted by Gasteiger charge is -2.17. The lowest BCUT2D eigenvalue weighted by atomic mass is 10.2. The van der Waals surface area contributed by atoms with Crippen molar-refractivity contribution in [2.45, 2.75) is 19.3 Å². The monoisotopic (exact) mass is 271 g/mol. The second kappa shape index (κ2) is 7.18. The number of carbonyl (C=O) groups is 1. The molecule has 1 heterocycles. The third-order valence-corrected chi connectivity index (χ3v) is 2.87. The fraction of sp³-hybridized carbons (Fsp3) is 0.500. The van der Waals surface area contributed by atoms with Crippen molar-refractivity contribution in [3.8, 4) is 0 Å². The van der Waals surface area contributed by atoms with Crippen molar-refractivity contribution in [1.29, 1.82) is 0 Å². The maximum atomic E-state index is 12.1. The first-order valence-electron chi connectivity index (χ1n) is 5.84. The van der Waals surface area contributed by atoms with Crippen LogP contribution in [-0.2, 0) is 0 Å². The number of aliphatic hydroxyl groups excluding tert-OH is 1. The predicted molar refractivity (Wildman–Crippen MR) is 71.6 cm³/mol. The molecule has 5 nitrogen and oxygen atoms in total. The van der Waals surface area contributed by atoms with Crippen LogP contribution in [0.25, 0.3) is 0 Å². The average Bonchev–Trinajstić information content (AvgIpc) is 2.36. The number of nitrogens with two attached hydrogens (primary N) is 1. The molecule has 0 aliphatic rings. The number of nitrogen functional groups attached to an aromatic ring is 1. The molecule has 0 aliphatic carbocycles. The number of aromatic nitrogens is 1. The molecule has 1 amide bonds. The van der Waals surface area contributed by atoms with Gasteiger partial charge in [-0.15, -0.1) is 0 Å². The first kappa shape index (κ1) is 14.7. The minimum Gasteiger partial charge on any atom is -0.396 e. The van der Waals surface area contributed by atoms with Gasteiger partial charge >= 0.3 is 0 Å².